The van der Waals surface area contributed by atoms with Gasteiger partial charge in [-0.2, -0.15) is 0 Å². The number of aromatic nitrogens is 1. The zero-order valence-corrected chi connectivity index (χ0v) is 18.2. The van der Waals surface area contributed by atoms with E-state index in [1.807, 2.05) is 61.5 Å². The first-order valence-electron chi connectivity index (χ1n) is 9.12. The Morgan fingerprint density at radius 2 is 2.03 bits per heavy atom. The minimum absolute atomic E-state index is 0.178. The number of hydrogen-bond acceptors (Lipinski definition) is 7. The summed E-state index contributed by atoms with van der Waals surface area (Å²) in [6.07, 6.45) is 1.74. The van der Waals surface area contributed by atoms with Crippen LogP contribution in [0.2, 0.25) is 0 Å². The predicted octanol–water partition coefficient (Wildman–Crippen LogP) is 6.24. The number of fused-ring (bicyclic) bond motifs is 1. The molecule has 148 valence electrons. The third-order valence-corrected chi connectivity index (χ3v) is 7.15. The molecule has 1 fully saturated rings. The second-order valence-electron chi connectivity index (χ2n) is 6.53. The van der Waals surface area contributed by atoms with Gasteiger partial charge in [-0.25, -0.2) is 9.98 Å². The summed E-state index contributed by atoms with van der Waals surface area (Å²) in [6, 6.07) is 19.6. The number of aliphatic imine (C=N–C) groups is 1. The molecule has 1 amide bonds. The first-order valence-corrected chi connectivity index (χ1v) is 11.6. The molecule has 4 aromatic rings. The zero-order valence-electron chi connectivity index (χ0n) is 15.8. The summed E-state index contributed by atoms with van der Waals surface area (Å²) in [7, 11) is 0. The van der Waals surface area contributed by atoms with Gasteiger partial charge in [0.1, 0.15) is 5.76 Å². The minimum atomic E-state index is -0.178. The second-order valence-corrected chi connectivity index (χ2v) is 9.84. The highest BCUT2D eigenvalue weighted by Crippen LogP contribution is 2.36. The van der Waals surface area contributed by atoms with Crippen molar-refractivity contribution in [3.05, 3.63) is 76.9 Å². The number of amides is 1. The number of nitrogens with one attached hydrogen (secondary N) is 1. The van der Waals surface area contributed by atoms with Crippen molar-refractivity contribution < 1.29 is 9.21 Å². The monoisotopic (exact) mass is 449 g/mol. The smallest absolute Gasteiger partial charge is 0.264 e. The molecule has 0 saturated carbocycles. The summed E-state index contributed by atoms with van der Waals surface area (Å²) in [6.45, 7) is 2.01. The predicted molar refractivity (Wildman–Crippen MR) is 124 cm³/mol. The number of thiazole rings is 1. The van der Waals surface area contributed by atoms with Crippen molar-refractivity contribution in [2.45, 2.75) is 16.4 Å². The van der Waals surface area contributed by atoms with E-state index in [0.29, 0.717) is 15.8 Å². The lowest BCUT2D eigenvalue weighted by atomic mass is 10.2. The molecule has 0 unspecified atom stereocenters. The van der Waals surface area contributed by atoms with E-state index in [9.17, 15) is 4.79 Å². The van der Waals surface area contributed by atoms with Crippen LogP contribution in [0.25, 0.3) is 16.3 Å². The van der Waals surface area contributed by atoms with Gasteiger partial charge in [-0.15, -0.1) is 11.3 Å². The van der Waals surface area contributed by atoms with Gasteiger partial charge in [-0.3, -0.25) is 4.79 Å². The van der Waals surface area contributed by atoms with E-state index >= 15 is 0 Å². The number of aryl methyl sites for hydroxylation is 1. The zero-order chi connectivity index (χ0) is 20.5. The fourth-order valence-electron chi connectivity index (χ4n) is 2.87. The number of nitrogens with zero attached hydrogens (tertiary/aromatic N) is 2. The Kier molecular flexibility index (Phi) is 5.20. The maximum Gasteiger partial charge on any atom is 0.264 e. The molecule has 0 bridgehead atoms. The van der Waals surface area contributed by atoms with Gasteiger partial charge in [0.2, 0.25) is 0 Å². The Balaban J connectivity index is 1.31. The van der Waals surface area contributed by atoms with Gasteiger partial charge in [-0.05, 0) is 72.4 Å². The van der Waals surface area contributed by atoms with E-state index < -0.39 is 0 Å². The third kappa shape index (κ3) is 4.21. The van der Waals surface area contributed by atoms with E-state index in [1.54, 1.807) is 17.4 Å². The Labute approximate surface area is 185 Å². The summed E-state index contributed by atoms with van der Waals surface area (Å²) in [4.78, 5) is 22.0. The molecule has 0 radical (unpaired) electrons. The Morgan fingerprint density at radius 1 is 1.13 bits per heavy atom. The number of para-hydroxylation sites is 1. The van der Waals surface area contributed by atoms with Crippen LogP contribution >= 0.6 is 34.9 Å². The highest BCUT2D eigenvalue weighted by atomic mass is 32.2. The molecule has 2 aromatic heterocycles. The van der Waals surface area contributed by atoms with Crippen LogP contribution in [-0.2, 0) is 4.79 Å². The van der Waals surface area contributed by atoms with Gasteiger partial charge >= 0.3 is 0 Å². The topological polar surface area (TPSA) is 67.5 Å². The fourth-order valence-corrected chi connectivity index (χ4v) is 5.66. The molecule has 5 nitrogen and oxygen atoms in total. The number of carbonyl (C=O) groups excluding carboxylic acids is 1. The number of carbonyl (C=O) groups is 1. The lowest BCUT2D eigenvalue weighted by Crippen LogP contribution is -2.19. The van der Waals surface area contributed by atoms with Crippen LogP contribution in [0, 0.1) is 6.92 Å². The van der Waals surface area contributed by atoms with Crippen molar-refractivity contribution in [1.82, 2.24) is 10.3 Å². The van der Waals surface area contributed by atoms with Gasteiger partial charge in [0, 0.05) is 6.08 Å². The summed E-state index contributed by atoms with van der Waals surface area (Å²) in [5.74, 6) is 0.441. The van der Waals surface area contributed by atoms with Crippen molar-refractivity contribution in [3.63, 3.8) is 0 Å². The average molecular weight is 450 g/mol. The van der Waals surface area contributed by atoms with Crippen LogP contribution in [0.5, 0.6) is 0 Å². The van der Waals surface area contributed by atoms with Gasteiger partial charge in [0.05, 0.1) is 20.8 Å². The molecular formula is C22H15N3O2S3. The fraction of sp³-hybridized carbons (Fsp3) is 0.0455. The van der Waals surface area contributed by atoms with Crippen molar-refractivity contribution >= 4 is 67.9 Å². The van der Waals surface area contributed by atoms with E-state index in [0.717, 1.165) is 30.9 Å². The maximum absolute atomic E-state index is 12.3. The number of furan rings is 1. The molecule has 8 heteroatoms. The molecule has 1 aliphatic rings. The summed E-state index contributed by atoms with van der Waals surface area (Å²) >= 11 is 4.41. The van der Waals surface area contributed by atoms with Crippen LogP contribution in [0.4, 0.5) is 5.69 Å². The van der Waals surface area contributed by atoms with Crippen molar-refractivity contribution in [1.29, 1.82) is 0 Å². The molecule has 2 aromatic carbocycles. The Hall–Kier alpha value is -2.81. The first-order chi connectivity index (χ1) is 14.6. The van der Waals surface area contributed by atoms with Crippen molar-refractivity contribution in [2.24, 2.45) is 4.99 Å². The number of rotatable bonds is 4. The minimum Gasteiger partial charge on any atom is -0.450 e. The van der Waals surface area contributed by atoms with Crippen molar-refractivity contribution in [3.8, 4) is 0 Å². The van der Waals surface area contributed by atoms with Crippen LogP contribution in [0.3, 0.4) is 0 Å². The van der Waals surface area contributed by atoms with Gasteiger partial charge in [-0.1, -0.05) is 24.3 Å². The quantitative estimate of drug-likeness (QED) is 0.374. The third-order valence-electron chi connectivity index (χ3n) is 4.22. The molecular weight excluding hydrogens is 434 g/mol. The molecule has 1 aliphatic heterocycles. The largest absolute Gasteiger partial charge is 0.450 e. The van der Waals surface area contributed by atoms with E-state index in [2.05, 4.69) is 21.4 Å². The molecule has 30 heavy (non-hydrogen) atoms. The van der Waals surface area contributed by atoms with Crippen molar-refractivity contribution in [2.75, 3.05) is 0 Å². The summed E-state index contributed by atoms with van der Waals surface area (Å²) < 4.78 is 7.95. The first kappa shape index (κ1) is 19.2. The lowest BCUT2D eigenvalue weighted by molar-refractivity contribution is -0.115. The molecule has 0 atom stereocenters. The van der Waals surface area contributed by atoms with Crippen LogP contribution in [0.1, 0.15) is 11.3 Å². The second kappa shape index (κ2) is 8.14. The van der Waals surface area contributed by atoms with Crippen LogP contribution < -0.4 is 5.32 Å². The number of benzene rings is 2. The normalized spacial score (nSPS) is 16.6. The van der Waals surface area contributed by atoms with Gasteiger partial charge in [0.15, 0.2) is 14.6 Å². The standard InChI is InChI=1S/C22H15N3O2S3/c1-13-5-4-6-14(11-13)23-21-25-20(26)18(28-21)12-15-9-10-19(27-15)30-22-24-16-7-2-3-8-17(16)29-22/h2-12H,1H3,(H,23,25,26)/b18-12-. The molecule has 1 N–H and O–H groups in total. The highest BCUT2D eigenvalue weighted by Gasteiger charge is 2.24. The number of thioether (sulfide) groups is 1. The van der Waals surface area contributed by atoms with Gasteiger partial charge < -0.3 is 9.73 Å². The maximum atomic E-state index is 12.3. The SMILES string of the molecule is Cc1cccc(N=C2NC(=O)/C(=C/c3ccc(Sc4nc5ccccc5s4)o3)S2)c1. The van der Waals surface area contributed by atoms with E-state index in [1.165, 1.54) is 23.5 Å². The van der Waals surface area contributed by atoms with E-state index in [-0.39, 0.29) is 5.91 Å². The highest BCUT2D eigenvalue weighted by molar-refractivity contribution is 8.18. The summed E-state index contributed by atoms with van der Waals surface area (Å²) in [5, 5.41) is 4.10. The summed E-state index contributed by atoms with van der Waals surface area (Å²) in [5.41, 5.74) is 2.92. The Morgan fingerprint density at radius 3 is 2.90 bits per heavy atom. The van der Waals surface area contributed by atoms with Crippen LogP contribution in [-0.4, -0.2) is 16.1 Å². The molecule has 5 rings (SSSR count). The number of amidine groups is 1. The van der Waals surface area contributed by atoms with Crippen LogP contribution in [0.15, 0.2) is 84.4 Å². The van der Waals surface area contributed by atoms with E-state index in [4.69, 9.17) is 4.42 Å². The number of hydrogen-bond donors (Lipinski definition) is 1. The molecule has 3 heterocycles. The van der Waals surface area contributed by atoms with Gasteiger partial charge in [0.25, 0.3) is 5.91 Å². The molecule has 0 spiro atoms. The Bertz CT molecular complexity index is 1290. The molecule has 0 aliphatic carbocycles. The molecule has 1 saturated heterocycles. The average Bonchev–Trinajstić information content (AvgIpc) is 3.41. The lowest BCUT2D eigenvalue weighted by Gasteiger charge is -1.97.